The summed E-state index contributed by atoms with van der Waals surface area (Å²) in [6.07, 6.45) is 7.40. The zero-order valence-electron chi connectivity index (χ0n) is 15.2. The highest BCUT2D eigenvalue weighted by Gasteiger charge is 2.21. The van der Waals surface area contributed by atoms with E-state index in [-0.39, 0.29) is 6.10 Å². The van der Waals surface area contributed by atoms with Gasteiger partial charge in [-0.2, -0.15) is 9.97 Å². The lowest BCUT2D eigenvalue weighted by Gasteiger charge is -2.22. The van der Waals surface area contributed by atoms with Crippen LogP contribution < -0.4 is 20.4 Å². The maximum atomic E-state index is 5.63. The summed E-state index contributed by atoms with van der Waals surface area (Å²) in [4.78, 5) is 14.1. The van der Waals surface area contributed by atoms with Crippen molar-refractivity contribution >= 4 is 34.9 Å². The average Bonchev–Trinajstić information content (AvgIpc) is 3.43. The normalized spacial score (nSPS) is 22.8. The van der Waals surface area contributed by atoms with Gasteiger partial charge in [0.15, 0.2) is 5.11 Å². The number of nitrogens with zero attached hydrogens (tertiary/aromatic N) is 4. The quantitative estimate of drug-likeness (QED) is 0.758. The first kappa shape index (κ1) is 17.7. The first-order valence-corrected chi connectivity index (χ1v) is 10.2. The molecule has 1 aromatic rings. The van der Waals surface area contributed by atoms with E-state index in [4.69, 9.17) is 26.9 Å². The van der Waals surface area contributed by atoms with Crippen LogP contribution in [0.1, 0.15) is 38.5 Å². The third-order valence-electron chi connectivity index (χ3n) is 5.30. The summed E-state index contributed by atoms with van der Waals surface area (Å²) in [5.41, 5.74) is 0. The van der Waals surface area contributed by atoms with Crippen LogP contribution >= 0.6 is 12.2 Å². The minimum atomic E-state index is 0.256. The molecule has 4 rings (SSSR count). The van der Waals surface area contributed by atoms with Crippen molar-refractivity contribution in [2.75, 3.05) is 54.4 Å². The van der Waals surface area contributed by atoms with E-state index in [1.807, 2.05) is 0 Å². The van der Waals surface area contributed by atoms with Gasteiger partial charge in [0.2, 0.25) is 5.95 Å². The highest BCUT2D eigenvalue weighted by atomic mass is 32.1. The van der Waals surface area contributed by atoms with Crippen LogP contribution in [0.5, 0.6) is 0 Å². The number of hydrogen-bond acceptors (Lipinski definition) is 6. The van der Waals surface area contributed by atoms with E-state index < -0.39 is 0 Å². The lowest BCUT2D eigenvalue weighted by Crippen LogP contribution is -2.35. The smallest absolute Gasteiger partial charge is 0.232 e. The maximum absolute atomic E-state index is 5.63. The third-order valence-corrected chi connectivity index (χ3v) is 5.55. The van der Waals surface area contributed by atoms with Gasteiger partial charge in [-0.3, -0.25) is 0 Å². The van der Waals surface area contributed by atoms with Crippen molar-refractivity contribution in [1.29, 1.82) is 0 Å². The summed E-state index contributed by atoms with van der Waals surface area (Å²) in [5.74, 6) is 2.59. The van der Waals surface area contributed by atoms with Gasteiger partial charge in [0, 0.05) is 45.4 Å². The molecule has 0 amide bonds. The van der Waals surface area contributed by atoms with Crippen LogP contribution in [0.25, 0.3) is 0 Å². The van der Waals surface area contributed by atoms with Crippen molar-refractivity contribution in [3.63, 3.8) is 0 Å². The first-order chi connectivity index (χ1) is 12.8. The van der Waals surface area contributed by atoms with Crippen LogP contribution in [0.3, 0.4) is 0 Å². The minimum Gasteiger partial charge on any atom is -0.376 e. The van der Waals surface area contributed by atoms with E-state index in [2.05, 4.69) is 26.5 Å². The van der Waals surface area contributed by atoms with E-state index in [1.54, 1.807) is 0 Å². The van der Waals surface area contributed by atoms with Crippen molar-refractivity contribution < 1.29 is 4.74 Å². The Morgan fingerprint density at radius 2 is 1.65 bits per heavy atom. The van der Waals surface area contributed by atoms with Crippen LogP contribution in [0.15, 0.2) is 6.07 Å². The van der Waals surface area contributed by atoms with Gasteiger partial charge in [0.25, 0.3) is 0 Å². The maximum Gasteiger partial charge on any atom is 0.232 e. The molecule has 0 spiro atoms. The third kappa shape index (κ3) is 4.35. The standard InChI is InChI=1S/C18H28N6OS/c26-18(19-13-14-6-5-11-25-14)22-17-20-15(23-7-1-2-8-23)12-16(21-17)24-9-3-4-10-24/h12,14H,1-11,13H2,(H2,19,20,21,22,26). The molecule has 2 N–H and O–H groups in total. The van der Waals surface area contributed by atoms with Gasteiger partial charge in [-0.15, -0.1) is 0 Å². The minimum absolute atomic E-state index is 0.256. The second-order valence-electron chi connectivity index (χ2n) is 7.27. The number of hydrogen-bond donors (Lipinski definition) is 2. The Labute approximate surface area is 160 Å². The van der Waals surface area contributed by atoms with Crippen LogP contribution in [0, 0.1) is 0 Å². The summed E-state index contributed by atoms with van der Waals surface area (Å²) in [6, 6.07) is 2.13. The number of aromatic nitrogens is 2. The SMILES string of the molecule is S=C(NCC1CCCO1)Nc1nc(N2CCCC2)cc(N2CCCC2)n1. The Hall–Kier alpha value is -1.67. The van der Waals surface area contributed by atoms with Crippen molar-refractivity contribution in [2.24, 2.45) is 0 Å². The number of ether oxygens (including phenoxy) is 1. The van der Waals surface area contributed by atoms with Crippen LogP contribution in [-0.2, 0) is 4.74 Å². The predicted molar refractivity (Wildman–Crippen MR) is 108 cm³/mol. The molecule has 4 heterocycles. The topological polar surface area (TPSA) is 65.6 Å². The molecule has 0 saturated carbocycles. The molecule has 0 aromatic carbocycles. The molecule has 26 heavy (non-hydrogen) atoms. The molecule has 142 valence electrons. The number of anilines is 3. The van der Waals surface area contributed by atoms with Crippen molar-refractivity contribution in [3.8, 4) is 0 Å². The summed E-state index contributed by atoms with van der Waals surface area (Å²) >= 11 is 5.44. The average molecular weight is 377 g/mol. The highest BCUT2D eigenvalue weighted by Crippen LogP contribution is 2.26. The Morgan fingerprint density at radius 3 is 2.19 bits per heavy atom. The molecule has 3 fully saturated rings. The Kier molecular flexibility index (Phi) is 5.69. The molecular weight excluding hydrogens is 348 g/mol. The van der Waals surface area contributed by atoms with Crippen molar-refractivity contribution in [1.82, 2.24) is 15.3 Å². The van der Waals surface area contributed by atoms with E-state index in [9.17, 15) is 0 Å². The molecule has 1 aromatic heterocycles. The Morgan fingerprint density at radius 1 is 1.04 bits per heavy atom. The molecule has 1 atom stereocenters. The summed E-state index contributed by atoms with van der Waals surface area (Å²) < 4.78 is 5.63. The summed E-state index contributed by atoms with van der Waals surface area (Å²) in [6.45, 7) is 5.85. The molecule has 1 unspecified atom stereocenters. The lowest BCUT2D eigenvalue weighted by atomic mass is 10.2. The molecule has 7 nitrogen and oxygen atoms in total. The van der Waals surface area contributed by atoms with Gasteiger partial charge >= 0.3 is 0 Å². The Bertz CT molecular complexity index is 590. The van der Waals surface area contributed by atoms with Crippen LogP contribution in [-0.4, -0.2) is 60.5 Å². The highest BCUT2D eigenvalue weighted by molar-refractivity contribution is 7.80. The van der Waals surface area contributed by atoms with Crippen LogP contribution in [0.2, 0.25) is 0 Å². The predicted octanol–water partition coefficient (Wildman–Crippen LogP) is 2.14. The number of thiocarbonyl (C=S) groups is 1. The van der Waals surface area contributed by atoms with E-state index in [0.29, 0.717) is 11.1 Å². The second kappa shape index (κ2) is 8.35. The number of rotatable bonds is 5. The summed E-state index contributed by atoms with van der Waals surface area (Å²) in [7, 11) is 0. The van der Waals surface area contributed by atoms with Gasteiger partial charge in [0.1, 0.15) is 11.6 Å². The molecule has 8 heteroatoms. The van der Waals surface area contributed by atoms with Gasteiger partial charge in [-0.05, 0) is 50.7 Å². The number of nitrogens with one attached hydrogen (secondary N) is 2. The molecular formula is C18H28N6OS. The second-order valence-corrected chi connectivity index (χ2v) is 7.67. The van der Waals surface area contributed by atoms with E-state index in [1.165, 1.54) is 25.7 Å². The van der Waals surface area contributed by atoms with Crippen molar-refractivity contribution in [2.45, 2.75) is 44.6 Å². The van der Waals surface area contributed by atoms with Gasteiger partial charge in [0.05, 0.1) is 6.10 Å². The monoisotopic (exact) mass is 376 g/mol. The van der Waals surface area contributed by atoms with Gasteiger partial charge in [-0.25, -0.2) is 0 Å². The van der Waals surface area contributed by atoms with Gasteiger partial charge < -0.3 is 25.2 Å². The van der Waals surface area contributed by atoms with Crippen LogP contribution in [0.4, 0.5) is 17.6 Å². The molecule has 3 aliphatic rings. The molecule has 0 aliphatic carbocycles. The fourth-order valence-corrected chi connectivity index (χ4v) is 4.03. The zero-order valence-corrected chi connectivity index (χ0v) is 16.1. The fourth-order valence-electron chi connectivity index (χ4n) is 3.85. The lowest BCUT2D eigenvalue weighted by molar-refractivity contribution is 0.114. The zero-order chi connectivity index (χ0) is 17.8. The largest absolute Gasteiger partial charge is 0.376 e. The first-order valence-electron chi connectivity index (χ1n) is 9.83. The molecule has 3 saturated heterocycles. The van der Waals surface area contributed by atoms with E-state index in [0.717, 1.165) is 63.8 Å². The summed E-state index contributed by atoms with van der Waals surface area (Å²) in [5, 5.41) is 6.98. The molecule has 3 aliphatic heterocycles. The Balaban J connectivity index is 1.45. The van der Waals surface area contributed by atoms with E-state index >= 15 is 0 Å². The fraction of sp³-hybridized carbons (Fsp3) is 0.722. The molecule has 0 bridgehead atoms. The molecule has 0 radical (unpaired) electrons. The van der Waals surface area contributed by atoms with Crippen molar-refractivity contribution in [3.05, 3.63) is 6.07 Å². The van der Waals surface area contributed by atoms with Gasteiger partial charge in [-0.1, -0.05) is 0 Å².